The first-order valence-electron chi connectivity index (χ1n) is 30.3. The summed E-state index contributed by atoms with van der Waals surface area (Å²) < 4.78 is 0. The van der Waals surface area contributed by atoms with E-state index in [0.29, 0.717) is 44.2 Å². The van der Waals surface area contributed by atoms with Crippen LogP contribution in [-0.4, -0.2) is 146 Å². The molecule has 482 valence electrons. The number of hydrogen-bond donors (Lipinski definition) is 15. The molecule has 0 spiro atoms. The van der Waals surface area contributed by atoms with Crippen molar-refractivity contribution >= 4 is 65.0 Å². The maximum atomic E-state index is 14.8. The number of amides is 10. The number of benzene rings is 1. The van der Waals surface area contributed by atoms with Crippen molar-refractivity contribution in [3.05, 3.63) is 35.9 Å². The van der Waals surface area contributed by atoms with Gasteiger partial charge in [0.15, 0.2) is 5.96 Å². The molecular formula is C59H106N16O10. The lowest BCUT2D eigenvalue weighted by Crippen LogP contribution is -2.61. The topological polar surface area (TPSA) is 447 Å². The van der Waals surface area contributed by atoms with E-state index in [0.717, 1.165) is 0 Å². The van der Waals surface area contributed by atoms with Crippen molar-refractivity contribution < 1.29 is 47.9 Å². The molecule has 21 N–H and O–H groups in total. The lowest BCUT2D eigenvalue weighted by atomic mass is 9.96. The zero-order valence-corrected chi connectivity index (χ0v) is 52.2. The molecule has 0 aromatic heterocycles. The number of guanidine groups is 1. The average Bonchev–Trinajstić information content (AvgIpc) is 3.64. The third kappa shape index (κ3) is 31.2. The maximum absolute atomic E-state index is 14.8. The summed E-state index contributed by atoms with van der Waals surface area (Å²) in [7, 11) is 0. The fraction of sp³-hybridized carbons (Fsp3) is 0.712. The van der Waals surface area contributed by atoms with Gasteiger partial charge < -0.3 is 82.3 Å². The molecule has 10 amide bonds. The number of rotatable bonds is 43. The fourth-order valence-corrected chi connectivity index (χ4v) is 9.29. The van der Waals surface area contributed by atoms with E-state index in [4.69, 9.17) is 34.4 Å². The smallest absolute Gasteiger partial charge is 0.243 e. The lowest BCUT2D eigenvalue weighted by molar-refractivity contribution is -0.136. The SMILES string of the molecule is CC[C@H](C)[C@H](NC(=O)[C@H](Cc1ccccc1)NC(=O)[C@H](CCCCN)NC(=O)[C@H](CC(C)C)NC(=O)[C@H](CC(C)C)NC(=O)CN)C(=O)N[C@@H](CCCCN)C(=O)N[C@@H](CCCN=C(N)N)C(=O)N[C@@H](CC(C)C)C(=O)N[C@@H](CC(C)C)C(N)=O. The van der Waals surface area contributed by atoms with Crippen LogP contribution in [0.25, 0.3) is 0 Å². The van der Waals surface area contributed by atoms with Crippen LogP contribution in [-0.2, 0) is 54.4 Å². The monoisotopic (exact) mass is 1200 g/mol. The van der Waals surface area contributed by atoms with Gasteiger partial charge in [0.25, 0.3) is 0 Å². The summed E-state index contributed by atoms with van der Waals surface area (Å²) >= 11 is 0. The molecule has 0 fully saturated rings. The maximum Gasteiger partial charge on any atom is 0.243 e. The van der Waals surface area contributed by atoms with Crippen LogP contribution in [0.2, 0.25) is 0 Å². The minimum Gasteiger partial charge on any atom is -0.370 e. The highest BCUT2D eigenvalue weighted by molar-refractivity contribution is 5.98. The molecule has 1 rings (SSSR count). The molecule has 26 nitrogen and oxygen atoms in total. The van der Waals surface area contributed by atoms with Gasteiger partial charge in [-0.05, 0) is 125 Å². The second-order valence-electron chi connectivity index (χ2n) is 23.8. The van der Waals surface area contributed by atoms with Crippen LogP contribution in [0.4, 0.5) is 0 Å². The molecule has 0 unspecified atom stereocenters. The van der Waals surface area contributed by atoms with Gasteiger partial charge in [-0.2, -0.15) is 0 Å². The molecule has 1 aromatic rings. The van der Waals surface area contributed by atoms with Gasteiger partial charge in [0.2, 0.25) is 59.1 Å². The van der Waals surface area contributed by atoms with Crippen LogP contribution in [0.1, 0.15) is 158 Å². The Bertz CT molecular complexity index is 2280. The van der Waals surface area contributed by atoms with Gasteiger partial charge in [0, 0.05) is 13.0 Å². The number of unbranched alkanes of at least 4 members (excludes halogenated alkanes) is 2. The number of primary amides is 1. The van der Waals surface area contributed by atoms with Gasteiger partial charge in [-0.1, -0.05) is 106 Å². The first-order chi connectivity index (χ1) is 40.1. The fourth-order valence-electron chi connectivity index (χ4n) is 9.29. The predicted molar refractivity (Wildman–Crippen MR) is 329 cm³/mol. The summed E-state index contributed by atoms with van der Waals surface area (Å²) in [6.45, 7) is 18.8. The highest BCUT2D eigenvalue weighted by Crippen LogP contribution is 2.16. The van der Waals surface area contributed by atoms with E-state index in [1.54, 1.807) is 37.3 Å². The van der Waals surface area contributed by atoms with Crippen LogP contribution < -0.4 is 82.3 Å². The quantitative estimate of drug-likeness (QED) is 0.0224. The van der Waals surface area contributed by atoms with Gasteiger partial charge in [-0.3, -0.25) is 52.9 Å². The zero-order valence-electron chi connectivity index (χ0n) is 52.2. The highest BCUT2D eigenvalue weighted by Gasteiger charge is 2.37. The van der Waals surface area contributed by atoms with Crippen molar-refractivity contribution in [1.29, 1.82) is 0 Å². The molecule has 0 saturated carbocycles. The number of aliphatic imine (C=N–C) groups is 1. The van der Waals surface area contributed by atoms with Crippen molar-refractivity contribution in [1.82, 2.24) is 47.9 Å². The Morgan fingerprint density at radius 2 is 0.776 bits per heavy atom. The molecule has 10 atom stereocenters. The lowest BCUT2D eigenvalue weighted by Gasteiger charge is -2.30. The molecule has 0 radical (unpaired) electrons. The number of carbonyl (C=O) groups is 10. The van der Waals surface area contributed by atoms with E-state index in [1.165, 1.54) is 0 Å². The van der Waals surface area contributed by atoms with Gasteiger partial charge in [0.05, 0.1) is 6.54 Å². The summed E-state index contributed by atoms with van der Waals surface area (Å²) in [5.74, 6) is -7.82. The second kappa shape index (κ2) is 41.2. The Morgan fingerprint density at radius 1 is 0.424 bits per heavy atom. The van der Waals surface area contributed by atoms with Gasteiger partial charge in [0.1, 0.15) is 54.4 Å². The van der Waals surface area contributed by atoms with E-state index < -0.39 is 119 Å². The zero-order chi connectivity index (χ0) is 64.3. The molecule has 85 heavy (non-hydrogen) atoms. The third-order valence-electron chi connectivity index (χ3n) is 14.0. The van der Waals surface area contributed by atoms with Crippen molar-refractivity contribution in [2.45, 2.75) is 214 Å². The van der Waals surface area contributed by atoms with Gasteiger partial charge >= 0.3 is 0 Å². The van der Waals surface area contributed by atoms with E-state index in [1.807, 2.05) is 62.3 Å². The molecule has 0 bridgehead atoms. The van der Waals surface area contributed by atoms with Gasteiger partial charge in [-0.15, -0.1) is 0 Å². The van der Waals surface area contributed by atoms with Crippen LogP contribution in [0, 0.1) is 29.6 Å². The minimum atomic E-state index is -1.32. The van der Waals surface area contributed by atoms with Crippen LogP contribution in [0.5, 0.6) is 0 Å². The Kier molecular flexibility index (Phi) is 36.9. The van der Waals surface area contributed by atoms with Crippen LogP contribution in [0.3, 0.4) is 0 Å². The summed E-state index contributed by atoms with van der Waals surface area (Å²) in [4.78, 5) is 143. The Morgan fingerprint density at radius 3 is 1.16 bits per heavy atom. The molecule has 0 aliphatic rings. The molecule has 1 aromatic carbocycles. The first-order valence-corrected chi connectivity index (χ1v) is 30.3. The number of hydrogen-bond acceptors (Lipinski definition) is 14. The Hall–Kier alpha value is -6.93. The van der Waals surface area contributed by atoms with Gasteiger partial charge in [-0.25, -0.2) is 0 Å². The van der Waals surface area contributed by atoms with E-state index in [2.05, 4.69) is 52.8 Å². The largest absolute Gasteiger partial charge is 0.370 e. The number of nitrogens with one attached hydrogen (secondary N) is 9. The number of nitrogens with zero attached hydrogens (tertiary/aromatic N) is 1. The third-order valence-corrected chi connectivity index (χ3v) is 14.0. The van der Waals surface area contributed by atoms with Crippen molar-refractivity contribution in [3.63, 3.8) is 0 Å². The van der Waals surface area contributed by atoms with E-state index in [9.17, 15) is 47.9 Å². The van der Waals surface area contributed by atoms with Crippen LogP contribution >= 0.6 is 0 Å². The second-order valence-corrected chi connectivity index (χ2v) is 23.8. The number of nitrogens with two attached hydrogens (primary N) is 6. The molecule has 26 heteroatoms. The van der Waals surface area contributed by atoms with E-state index >= 15 is 0 Å². The first kappa shape index (κ1) is 76.1. The van der Waals surface area contributed by atoms with E-state index in [-0.39, 0.29) is 107 Å². The van der Waals surface area contributed by atoms with Crippen molar-refractivity contribution in [3.8, 4) is 0 Å². The molecule has 0 aliphatic carbocycles. The average molecular weight is 1200 g/mol. The molecule has 0 saturated heterocycles. The number of carbonyl (C=O) groups excluding carboxylic acids is 10. The Labute approximate surface area is 503 Å². The molecule has 0 heterocycles. The van der Waals surface area contributed by atoms with Crippen LogP contribution in [0.15, 0.2) is 35.3 Å². The highest BCUT2D eigenvalue weighted by atomic mass is 16.2. The standard InChI is InChI=1S/C59H106N16O10/c1-11-38(10)49(58(85)70-41(23-16-18-26-61)51(78)68-42(24-19-27-66-59(64)65)53(80)72-46(31-37(8)9)56(83)71-43(50(63)77)28-34(2)3)75-57(84)47(32-39-20-13-12-14-21-39)74-52(79)40(22-15-17-25-60)69-55(82)45(30-36(6)7)73-54(81)44(29-35(4)5)67-48(76)33-62/h12-14,20-21,34-38,40-47,49H,11,15-19,22-33,60-62H2,1-10H3,(H2,63,77)(H,67,76)(H,68,78)(H,69,82)(H,70,85)(H,71,83)(H,72,80)(H,73,81)(H,74,79)(H,75,84)(H4,64,65,66)/t38-,40-,41-,42-,43-,44-,45-,46-,47-,49-/m0/s1. The summed E-state index contributed by atoms with van der Waals surface area (Å²) in [6, 6.07) is -1.79. The molecular weight excluding hydrogens is 1090 g/mol. The predicted octanol–water partition coefficient (Wildman–Crippen LogP) is -0.422. The summed E-state index contributed by atoms with van der Waals surface area (Å²) in [6.07, 6.45) is 3.31. The summed E-state index contributed by atoms with van der Waals surface area (Å²) in [5, 5.41) is 24.9. The Balaban J connectivity index is 3.74. The normalized spacial score (nSPS) is 14.9. The van der Waals surface area contributed by atoms with Crippen molar-refractivity contribution in [2.24, 2.45) is 69.0 Å². The summed E-state index contributed by atoms with van der Waals surface area (Å²) in [5.41, 5.74) is 34.7. The minimum absolute atomic E-state index is 0.00569. The molecule has 0 aliphatic heterocycles. The van der Waals surface area contributed by atoms with Crippen molar-refractivity contribution in [2.75, 3.05) is 26.2 Å².